The molecule has 0 radical (unpaired) electrons. The second-order valence-electron chi connectivity index (χ2n) is 3.79. The van der Waals surface area contributed by atoms with E-state index in [1.54, 1.807) is 6.07 Å². The van der Waals surface area contributed by atoms with Crippen LogP contribution in [0.4, 0.5) is 5.69 Å². The van der Waals surface area contributed by atoms with Crippen molar-refractivity contribution in [2.24, 2.45) is 0 Å². The predicted octanol–water partition coefficient (Wildman–Crippen LogP) is 3.19. The van der Waals surface area contributed by atoms with Crippen LogP contribution in [0.25, 0.3) is 12.2 Å². The summed E-state index contributed by atoms with van der Waals surface area (Å²) < 4.78 is 5.63. The summed E-state index contributed by atoms with van der Waals surface area (Å²) in [4.78, 5) is 21.4. The van der Waals surface area contributed by atoms with E-state index in [1.807, 2.05) is 0 Å². The van der Waals surface area contributed by atoms with Crippen LogP contribution in [0.5, 0.6) is 5.75 Å². The number of aromatic hydroxyl groups is 1. The SMILES string of the molecule is O=c1ccoc(/C=C/c2cc([N+](=O)[O-])ccc2Br)c1O. The first kappa shape index (κ1) is 14.0. The molecule has 0 aliphatic carbocycles. The molecule has 1 aromatic carbocycles. The van der Waals surface area contributed by atoms with Crippen LogP contribution in [0.1, 0.15) is 11.3 Å². The Morgan fingerprint density at radius 3 is 2.75 bits per heavy atom. The second-order valence-corrected chi connectivity index (χ2v) is 4.65. The Kier molecular flexibility index (Phi) is 3.99. The highest BCUT2D eigenvalue weighted by atomic mass is 79.9. The molecule has 0 unspecified atom stereocenters. The van der Waals surface area contributed by atoms with Crippen molar-refractivity contribution in [2.45, 2.75) is 0 Å². The summed E-state index contributed by atoms with van der Waals surface area (Å²) in [7, 11) is 0. The number of hydrogen-bond acceptors (Lipinski definition) is 5. The summed E-state index contributed by atoms with van der Waals surface area (Å²) in [6.45, 7) is 0. The van der Waals surface area contributed by atoms with E-state index in [1.165, 1.54) is 24.3 Å². The summed E-state index contributed by atoms with van der Waals surface area (Å²) in [5.41, 5.74) is -0.106. The Morgan fingerprint density at radius 2 is 2.05 bits per heavy atom. The first-order chi connectivity index (χ1) is 9.49. The molecule has 0 saturated carbocycles. The average molecular weight is 338 g/mol. The number of non-ortho nitro benzene ring substituents is 1. The number of nitro groups is 1. The molecule has 0 spiro atoms. The van der Waals surface area contributed by atoms with Crippen molar-refractivity contribution in [2.75, 3.05) is 0 Å². The van der Waals surface area contributed by atoms with E-state index < -0.39 is 16.1 Å². The third-order valence-corrected chi connectivity index (χ3v) is 3.21. The molecule has 0 amide bonds. The van der Waals surface area contributed by atoms with Crippen LogP contribution >= 0.6 is 15.9 Å². The molecule has 0 saturated heterocycles. The van der Waals surface area contributed by atoms with Crippen LogP contribution in [0.2, 0.25) is 0 Å². The van der Waals surface area contributed by atoms with Gasteiger partial charge in [-0.2, -0.15) is 0 Å². The number of nitrogens with zero attached hydrogens (tertiary/aromatic N) is 1. The van der Waals surface area contributed by atoms with E-state index in [0.29, 0.717) is 10.0 Å². The second kappa shape index (κ2) is 5.70. The fraction of sp³-hybridized carbons (Fsp3) is 0. The lowest BCUT2D eigenvalue weighted by atomic mass is 10.2. The highest BCUT2D eigenvalue weighted by Crippen LogP contribution is 2.25. The van der Waals surface area contributed by atoms with Crippen LogP contribution in [-0.4, -0.2) is 10.0 Å². The maximum Gasteiger partial charge on any atom is 0.270 e. The van der Waals surface area contributed by atoms with E-state index in [-0.39, 0.29) is 11.4 Å². The zero-order valence-electron chi connectivity index (χ0n) is 9.95. The summed E-state index contributed by atoms with van der Waals surface area (Å²) in [6.07, 6.45) is 4.01. The summed E-state index contributed by atoms with van der Waals surface area (Å²) in [5.74, 6) is -0.527. The lowest BCUT2D eigenvalue weighted by molar-refractivity contribution is -0.384. The summed E-state index contributed by atoms with van der Waals surface area (Å²) >= 11 is 3.26. The Morgan fingerprint density at radius 1 is 1.30 bits per heavy atom. The van der Waals surface area contributed by atoms with Gasteiger partial charge in [0.05, 0.1) is 11.2 Å². The van der Waals surface area contributed by atoms with Crippen molar-refractivity contribution < 1.29 is 14.4 Å². The zero-order valence-corrected chi connectivity index (χ0v) is 11.5. The molecule has 102 valence electrons. The van der Waals surface area contributed by atoms with Gasteiger partial charge in [0.1, 0.15) is 0 Å². The van der Waals surface area contributed by atoms with Gasteiger partial charge in [0.25, 0.3) is 5.69 Å². The lowest BCUT2D eigenvalue weighted by Crippen LogP contribution is -1.97. The van der Waals surface area contributed by atoms with Crippen molar-refractivity contribution in [1.82, 2.24) is 0 Å². The van der Waals surface area contributed by atoms with Gasteiger partial charge in [-0.25, -0.2) is 0 Å². The Bertz CT molecular complexity index is 751. The first-order valence-electron chi connectivity index (χ1n) is 5.42. The summed E-state index contributed by atoms with van der Waals surface area (Å²) in [6, 6.07) is 5.36. The largest absolute Gasteiger partial charge is 0.502 e. The molecular formula is C13H8BrNO5. The molecular weight excluding hydrogens is 330 g/mol. The smallest absolute Gasteiger partial charge is 0.270 e. The number of nitro benzene ring substituents is 1. The van der Waals surface area contributed by atoms with Crippen LogP contribution in [0.3, 0.4) is 0 Å². The van der Waals surface area contributed by atoms with Crippen LogP contribution < -0.4 is 5.43 Å². The van der Waals surface area contributed by atoms with Gasteiger partial charge in [0, 0.05) is 22.7 Å². The van der Waals surface area contributed by atoms with Crippen molar-refractivity contribution in [3.05, 3.63) is 66.7 Å². The molecule has 0 bridgehead atoms. The van der Waals surface area contributed by atoms with Gasteiger partial charge in [-0.05, 0) is 23.8 Å². The molecule has 0 aliphatic heterocycles. The van der Waals surface area contributed by atoms with Crippen LogP contribution in [0, 0.1) is 10.1 Å². The molecule has 2 rings (SSSR count). The monoisotopic (exact) mass is 337 g/mol. The molecule has 1 aromatic heterocycles. The van der Waals surface area contributed by atoms with E-state index in [0.717, 1.165) is 12.3 Å². The van der Waals surface area contributed by atoms with Gasteiger partial charge in [0.2, 0.25) is 11.2 Å². The summed E-state index contributed by atoms with van der Waals surface area (Å²) in [5, 5.41) is 20.2. The third kappa shape index (κ3) is 2.94. The average Bonchev–Trinajstić information content (AvgIpc) is 2.41. The third-order valence-electron chi connectivity index (χ3n) is 2.49. The molecule has 7 heteroatoms. The van der Waals surface area contributed by atoms with E-state index in [4.69, 9.17) is 4.42 Å². The number of rotatable bonds is 3. The zero-order chi connectivity index (χ0) is 14.7. The van der Waals surface area contributed by atoms with Gasteiger partial charge >= 0.3 is 0 Å². The highest BCUT2D eigenvalue weighted by Gasteiger charge is 2.08. The van der Waals surface area contributed by atoms with Crippen molar-refractivity contribution >= 4 is 33.8 Å². The van der Waals surface area contributed by atoms with Gasteiger partial charge in [-0.3, -0.25) is 14.9 Å². The van der Waals surface area contributed by atoms with Crippen molar-refractivity contribution in [3.63, 3.8) is 0 Å². The first-order valence-corrected chi connectivity index (χ1v) is 6.21. The van der Waals surface area contributed by atoms with E-state index >= 15 is 0 Å². The molecule has 0 atom stereocenters. The molecule has 6 nitrogen and oxygen atoms in total. The van der Waals surface area contributed by atoms with Crippen LogP contribution in [-0.2, 0) is 0 Å². The normalized spacial score (nSPS) is 10.8. The molecule has 1 heterocycles. The van der Waals surface area contributed by atoms with Crippen molar-refractivity contribution in [3.8, 4) is 5.75 Å². The Balaban J connectivity index is 2.41. The van der Waals surface area contributed by atoms with E-state index in [2.05, 4.69) is 15.9 Å². The topological polar surface area (TPSA) is 93.6 Å². The fourth-order valence-corrected chi connectivity index (χ4v) is 1.86. The minimum Gasteiger partial charge on any atom is -0.502 e. The predicted molar refractivity (Wildman–Crippen MR) is 76.4 cm³/mol. The molecule has 0 fully saturated rings. The number of halogens is 1. The number of hydrogen-bond donors (Lipinski definition) is 1. The quantitative estimate of drug-likeness (QED) is 0.685. The van der Waals surface area contributed by atoms with Gasteiger partial charge in [-0.15, -0.1) is 0 Å². The molecule has 0 aliphatic rings. The molecule has 1 N–H and O–H groups in total. The van der Waals surface area contributed by atoms with E-state index in [9.17, 15) is 20.0 Å². The van der Waals surface area contributed by atoms with Gasteiger partial charge in [-0.1, -0.05) is 15.9 Å². The minimum absolute atomic E-state index is 0.0177. The fourth-order valence-electron chi connectivity index (χ4n) is 1.48. The molecule has 20 heavy (non-hydrogen) atoms. The number of benzene rings is 1. The standard InChI is InChI=1S/C13H8BrNO5/c14-10-3-2-9(15(18)19)7-8(10)1-4-12-13(17)11(16)5-6-20-12/h1-7,17H/b4-1+. The lowest BCUT2D eigenvalue weighted by Gasteiger charge is -1.99. The van der Waals surface area contributed by atoms with Crippen molar-refractivity contribution in [1.29, 1.82) is 0 Å². The van der Waals surface area contributed by atoms with Gasteiger partial charge < -0.3 is 9.52 Å². The molecule has 2 aromatic rings. The Hall–Kier alpha value is -2.41. The minimum atomic E-state index is -0.561. The van der Waals surface area contributed by atoms with Gasteiger partial charge in [0.15, 0.2) is 5.76 Å². The maximum atomic E-state index is 11.2. The van der Waals surface area contributed by atoms with Crippen LogP contribution in [0.15, 0.2) is 44.2 Å². The highest BCUT2D eigenvalue weighted by molar-refractivity contribution is 9.10. The maximum absolute atomic E-state index is 11.2. The Labute approximate surface area is 121 Å².